The molecule has 7 heteroatoms. The van der Waals surface area contributed by atoms with E-state index in [4.69, 9.17) is 16.3 Å². The van der Waals surface area contributed by atoms with Gasteiger partial charge in [-0.15, -0.1) is 11.3 Å². The number of nitrogens with zero attached hydrogens (tertiary/aromatic N) is 2. The van der Waals surface area contributed by atoms with Crippen molar-refractivity contribution in [2.24, 2.45) is 0 Å². The number of rotatable bonds is 4. The van der Waals surface area contributed by atoms with Crippen LogP contribution < -0.4 is 4.74 Å². The lowest BCUT2D eigenvalue weighted by Gasteiger charge is -2.28. The maximum absolute atomic E-state index is 12.9. The summed E-state index contributed by atoms with van der Waals surface area (Å²) in [5.41, 5.74) is 1.45. The Kier molecular flexibility index (Phi) is 4.67. The van der Waals surface area contributed by atoms with E-state index in [2.05, 4.69) is 4.98 Å². The van der Waals surface area contributed by atoms with E-state index < -0.39 is 6.10 Å². The zero-order chi connectivity index (χ0) is 17.4. The third-order valence-electron chi connectivity index (χ3n) is 4.77. The average Bonchev–Trinajstić information content (AvgIpc) is 3.14. The summed E-state index contributed by atoms with van der Waals surface area (Å²) in [6.07, 6.45) is 4.45. The van der Waals surface area contributed by atoms with Gasteiger partial charge in [0.25, 0.3) is 5.91 Å². The lowest BCUT2D eigenvalue weighted by molar-refractivity contribution is 0.00397. The van der Waals surface area contributed by atoms with Crippen LogP contribution in [-0.2, 0) is 13.1 Å². The number of halogens is 1. The fraction of sp³-hybridized carbons (Fsp3) is 0.444. The molecule has 1 aliphatic carbocycles. The summed E-state index contributed by atoms with van der Waals surface area (Å²) in [4.78, 5) is 20.0. The zero-order valence-electron chi connectivity index (χ0n) is 13.7. The molecule has 1 amide bonds. The lowest BCUT2D eigenvalue weighted by atomic mass is 9.95. The number of amides is 1. The molecular weight excluding hydrogens is 360 g/mol. The van der Waals surface area contributed by atoms with Crippen LogP contribution in [0.1, 0.15) is 46.5 Å². The Morgan fingerprint density at radius 3 is 2.92 bits per heavy atom. The number of pyridine rings is 1. The van der Waals surface area contributed by atoms with Gasteiger partial charge in [-0.3, -0.25) is 4.79 Å². The highest BCUT2D eigenvalue weighted by Gasteiger charge is 2.34. The third-order valence-corrected chi connectivity index (χ3v) is 5.99. The SMILES string of the molecule is O=C1c2c(ccnc2O[C@H]2CCCC[C@@H]2O)CN1Cc1ccc(Cl)s1. The van der Waals surface area contributed by atoms with Gasteiger partial charge in [0.15, 0.2) is 0 Å². The molecule has 2 aromatic heterocycles. The van der Waals surface area contributed by atoms with Crippen molar-refractivity contribution in [3.8, 4) is 5.88 Å². The molecule has 3 heterocycles. The van der Waals surface area contributed by atoms with Crippen molar-refractivity contribution in [3.05, 3.63) is 44.7 Å². The van der Waals surface area contributed by atoms with Gasteiger partial charge in [-0.2, -0.15) is 0 Å². The zero-order valence-corrected chi connectivity index (χ0v) is 15.2. The van der Waals surface area contributed by atoms with Crippen LogP contribution in [0.4, 0.5) is 0 Å². The molecule has 0 aromatic carbocycles. The quantitative estimate of drug-likeness (QED) is 0.882. The molecule has 1 N–H and O–H groups in total. The van der Waals surface area contributed by atoms with Crippen LogP contribution in [0.15, 0.2) is 24.4 Å². The molecule has 1 fully saturated rings. The largest absolute Gasteiger partial charge is 0.471 e. The van der Waals surface area contributed by atoms with Gasteiger partial charge in [-0.1, -0.05) is 18.0 Å². The van der Waals surface area contributed by atoms with Gasteiger partial charge in [-0.05, 0) is 43.0 Å². The Morgan fingerprint density at radius 1 is 1.32 bits per heavy atom. The molecule has 0 saturated heterocycles. The van der Waals surface area contributed by atoms with Crippen molar-refractivity contribution >= 4 is 28.8 Å². The molecule has 0 bridgehead atoms. The Balaban J connectivity index is 1.54. The number of hydrogen-bond donors (Lipinski definition) is 1. The molecule has 0 spiro atoms. The highest BCUT2D eigenvalue weighted by atomic mass is 35.5. The summed E-state index contributed by atoms with van der Waals surface area (Å²) in [5.74, 6) is 0.271. The van der Waals surface area contributed by atoms with Gasteiger partial charge >= 0.3 is 0 Å². The number of carbonyl (C=O) groups excluding carboxylic acids is 1. The van der Waals surface area contributed by atoms with E-state index in [1.165, 1.54) is 11.3 Å². The van der Waals surface area contributed by atoms with Crippen molar-refractivity contribution in [2.75, 3.05) is 0 Å². The lowest BCUT2D eigenvalue weighted by Crippen LogP contribution is -2.35. The van der Waals surface area contributed by atoms with Crippen LogP contribution >= 0.6 is 22.9 Å². The molecule has 25 heavy (non-hydrogen) atoms. The predicted molar refractivity (Wildman–Crippen MR) is 96.0 cm³/mol. The van der Waals surface area contributed by atoms with Crippen LogP contribution in [0, 0.1) is 0 Å². The van der Waals surface area contributed by atoms with Crippen molar-refractivity contribution in [3.63, 3.8) is 0 Å². The van der Waals surface area contributed by atoms with E-state index in [1.54, 1.807) is 11.1 Å². The van der Waals surface area contributed by atoms with E-state index in [0.717, 1.165) is 40.5 Å². The maximum Gasteiger partial charge on any atom is 0.260 e. The van der Waals surface area contributed by atoms with Crippen molar-refractivity contribution in [1.82, 2.24) is 9.88 Å². The number of ether oxygens (including phenoxy) is 1. The molecule has 0 unspecified atom stereocenters. The third kappa shape index (κ3) is 3.38. The van der Waals surface area contributed by atoms with Gasteiger partial charge in [0, 0.05) is 17.6 Å². The standard InChI is InChI=1S/C18H19ClN2O3S/c19-15-6-5-12(25-15)10-21-9-11-7-8-20-17(16(11)18(21)23)24-14-4-2-1-3-13(14)22/h5-8,13-14,22H,1-4,9-10H2/t13-,14-/m0/s1. The number of aliphatic hydroxyl groups is 1. The molecular formula is C18H19ClN2O3S. The Labute approximate surface area is 155 Å². The molecule has 1 saturated carbocycles. The second kappa shape index (κ2) is 6.94. The van der Waals surface area contributed by atoms with Gasteiger partial charge in [0.1, 0.15) is 11.7 Å². The summed E-state index contributed by atoms with van der Waals surface area (Å²) in [6.45, 7) is 1.06. The summed E-state index contributed by atoms with van der Waals surface area (Å²) in [7, 11) is 0. The Hall–Kier alpha value is -1.63. The summed E-state index contributed by atoms with van der Waals surface area (Å²) < 4.78 is 6.68. The van der Waals surface area contributed by atoms with Crippen LogP contribution in [0.5, 0.6) is 5.88 Å². The molecule has 4 rings (SSSR count). The number of hydrogen-bond acceptors (Lipinski definition) is 5. The maximum atomic E-state index is 12.9. The van der Waals surface area contributed by atoms with E-state index in [9.17, 15) is 9.90 Å². The monoisotopic (exact) mass is 378 g/mol. The van der Waals surface area contributed by atoms with Gasteiger partial charge in [-0.25, -0.2) is 4.98 Å². The molecule has 132 valence electrons. The van der Waals surface area contributed by atoms with E-state index in [1.807, 2.05) is 18.2 Å². The molecule has 2 atom stereocenters. The molecule has 2 aliphatic rings. The van der Waals surface area contributed by atoms with Crippen LogP contribution in [0.3, 0.4) is 0 Å². The van der Waals surface area contributed by atoms with Crippen molar-refractivity contribution < 1.29 is 14.6 Å². The number of aliphatic hydroxyl groups excluding tert-OH is 1. The normalized spacial score (nSPS) is 23.0. The first-order valence-electron chi connectivity index (χ1n) is 8.48. The second-order valence-corrected chi connectivity index (χ2v) is 8.33. The fourth-order valence-corrected chi connectivity index (χ4v) is 4.58. The first-order valence-corrected chi connectivity index (χ1v) is 9.67. The molecule has 1 aliphatic heterocycles. The van der Waals surface area contributed by atoms with Crippen LogP contribution in [0.25, 0.3) is 0 Å². The topological polar surface area (TPSA) is 62.7 Å². The first kappa shape index (κ1) is 16.8. The first-order chi connectivity index (χ1) is 12.1. The minimum Gasteiger partial charge on any atom is -0.471 e. The number of fused-ring (bicyclic) bond motifs is 1. The molecule has 0 radical (unpaired) electrons. The van der Waals surface area contributed by atoms with Gasteiger partial charge < -0.3 is 14.7 Å². The minimum atomic E-state index is -0.493. The number of thiophene rings is 1. The van der Waals surface area contributed by atoms with Gasteiger partial charge in [0.05, 0.1) is 17.0 Å². The van der Waals surface area contributed by atoms with Crippen LogP contribution in [0.2, 0.25) is 4.34 Å². The Morgan fingerprint density at radius 2 is 2.16 bits per heavy atom. The molecule has 5 nitrogen and oxygen atoms in total. The average molecular weight is 379 g/mol. The van der Waals surface area contributed by atoms with E-state index in [0.29, 0.717) is 24.5 Å². The van der Waals surface area contributed by atoms with Crippen molar-refractivity contribution in [2.45, 2.75) is 51.0 Å². The minimum absolute atomic E-state index is 0.0760. The van der Waals surface area contributed by atoms with Crippen molar-refractivity contribution in [1.29, 1.82) is 0 Å². The second-order valence-electron chi connectivity index (χ2n) is 6.53. The van der Waals surface area contributed by atoms with Crippen LogP contribution in [-0.4, -0.2) is 33.1 Å². The summed E-state index contributed by atoms with van der Waals surface area (Å²) in [6, 6.07) is 5.64. The fourth-order valence-electron chi connectivity index (χ4n) is 3.48. The molecule has 2 aromatic rings. The Bertz CT molecular complexity index is 794. The predicted octanol–water partition coefficient (Wildman–Crippen LogP) is 3.63. The highest BCUT2D eigenvalue weighted by Crippen LogP contribution is 2.33. The summed E-state index contributed by atoms with van der Waals surface area (Å²) >= 11 is 7.46. The smallest absolute Gasteiger partial charge is 0.260 e. The number of aromatic nitrogens is 1. The summed E-state index contributed by atoms with van der Waals surface area (Å²) in [5, 5.41) is 10.1. The van der Waals surface area contributed by atoms with E-state index >= 15 is 0 Å². The van der Waals surface area contributed by atoms with E-state index in [-0.39, 0.29) is 12.0 Å². The van der Waals surface area contributed by atoms with Gasteiger partial charge in [0.2, 0.25) is 5.88 Å². The highest BCUT2D eigenvalue weighted by molar-refractivity contribution is 7.16. The number of carbonyl (C=O) groups is 1.